The Hall–Kier alpha value is -1.25. The quantitative estimate of drug-likeness (QED) is 0.189. The zero-order valence-electron chi connectivity index (χ0n) is 14.5. The van der Waals surface area contributed by atoms with Crippen molar-refractivity contribution in [2.75, 3.05) is 7.11 Å². The van der Waals surface area contributed by atoms with Crippen molar-refractivity contribution in [1.82, 2.24) is 0 Å². The van der Waals surface area contributed by atoms with Crippen LogP contribution >= 0.6 is 0 Å². The van der Waals surface area contributed by atoms with Crippen molar-refractivity contribution in [3.63, 3.8) is 0 Å². The average molecular weight is 310 g/mol. The van der Waals surface area contributed by atoms with Crippen LogP contribution in [-0.2, 0) is 9.53 Å². The van der Waals surface area contributed by atoms with Gasteiger partial charge in [0.25, 0.3) is 0 Å². The van der Waals surface area contributed by atoms with Crippen LogP contribution < -0.4 is 0 Å². The lowest BCUT2D eigenvalue weighted by molar-refractivity contribution is -0.140. The fourth-order valence-electron chi connectivity index (χ4n) is 2.24. The molecular formula is C19H34O3. The van der Waals surface area contributed by atoms with E-state index in [9.17, 15) is 9.90 Å². The third-order valence-electron chi connectivity index (χ3n) is 3.67. The second-order valence-electron chi connectivity index (χ2n) is 5.74. The Morgan fingerprint density at radius 2 is 1.64 bits per heavy atom. The molecule has 0 atom stereocenters. The van der Waals surface area contributed by atoms with Gasteiger partial charge in [0.2, 0.25) is 0 Å². The molecule has 1 N–H and O–H groups in total. The maximum absolute atomic E-state index is 10.9. The molecule has 0 spiro atoms. The van der Waals surface area contributed by atoms with E-state index in [1.807, 2.05) is 6.08 Å². The molecule has 0 aromatic carbocycles. The van der Waals surface area contributed by atoms with Gasteiger partial charge in [-0.2, -0.15) is 0 Å². The van der Waals surface area contributed by atoms with Crippen molar-refractivity contribution in [1.29, 1.82) is 0 Å². The molecule has 0 saturated heterocycles. The first kappa shape index (κ1) is 20.8. The van der Waals surface area contributed by atoms with Crippen molar-refractivity contribution < 1.29 is 14.6 Å². The molecule has 0 amide bonds. The first-order valence-electron chi connectivity index (χ1n) is 8.80. The minimum atomic E-state index is -0.122. The summed E-state index contributed by atoms with van der Waals surface area (Å²) in [6, 6.07) is 0. The summed E-state index contributed by atoms with van der Waals surface area (Å²) in [5.74, 6) is 0.385. The van der Waals surface area contributed by atoms with Gasteiger partial charge in [-0.1, -0.05) is 51.2 Å². The van der Waals surface area contributed by atoms with E-state index in [0.717, 1.165) is 51.4 Å². The largest absolute Gasteiger partial charge is 0.513 e. The number of hydrogen-bond donors (Lipinski definition) is 1. The lowest BCUT2D eigenvalue weighted by atomic mass is 10.1. The Labute approximate surface area is 136 Å². The maximum Gasteiger partial charge on any atom is 0.305 e. The van der Waals surface area contributed by atoms with E-state index in [1.54, 1.807) is 0 Å². The molecule has 3 nitrogen and oxygen atoms in total. The van der Waals surface area contributed by atoms with E-state index in [1.165, 1.54) is 26.4 Å². The van der Waals surface area contributed by atoms with E-state index < -0.39 is 0 Å². The molecular weight excluding hydrogens is 276 g/mol. The van der Waals surface area contributed by atoms with Gasteiger partial charge in [-0.15, -0.1) is 0 Å². The molecule has 0 fully saturated rings. The fourth-order valence-corrected chi connectivity index (χ4v) is 2.24. The van der Waals surface area contributed by atoms with Crippen molar-refractivity contribution in [2.24, 2.45) is 0 Å². The average Bonchev–Trinajstić information content (AvgIpc) is 2.52. The van der Waals surface area contributed by atoms with Gasteiger partial charge in [-0.25, -0.2) is 0 Å². The van der Waals surface area contributed by atoms with Crippen molar-refractivity contribution in [3.8, 4) is 0 Å². The fraction of sp³-hybridized carbons (Fsp3) is 0.737. The molecule has 0 unspecified atom stereocenters. The molecule has 0 bridgehead atoms. The zero-order valence-corrected chi connectivity index (χ0v) is 14.5. The second kappa shape index (κ2) is 16.1. The molecule has 0 heterocycles. The van der Waals surface area contributed by atoms with Crippen LogP contribution in [-0.4, -0.2) is 18.2 Å². The number of aliphatic hydroxyl groups excluding tert-OH is 1. The predicted octanol–water partition coefficient (Wildman–Crippen LogP) is 5.86. The lowest BCUT2D eigenvalue weighted by Crippen LogP contribution is -1.99. The third-order valence-corrected chi connectivity index (χ3v) is 3.67. The van der Waals surface area contributed by atoms with Crippen LogP contribution in [0, 0.1) is 0 Å². The number of hydrogen-bond acceptors (Lipinski definition) is 3. The molecule has 0 aromatic rings. The summed E-state index contributed by atoms with van der Waals surface area (Å²) in [7, 11) is 1.43. The van der Waals surface area contributed by atoms with Gasteiger partial charge in [-0.05, 0) is 38.2 Å². The standard InChI is InChI=1S/C19H34O3/c1-3-4-5-6-7-9-12-15-18(20)16-13-10-8-11-14-17-19(21)22-2/h7,9,15,20H,3-6,8,10-14,16-17H2,1-2H3/b9-7+,18-15-. The minimum Gasteiger partial charge on any atom is -0.513 e. The van der Waals surface area contributed by atoms with Crippen LogP contribution in [0.15, 0.2) is 24.0 Å². The zero-order chi connectivity index (χ0) is 16.5. The van der Waals surface area contributed by atoms with Crippen molar-refractivity contribution in [3.05, 3.63) is 24.0 Å². The summed E-state index contributed by atoms with van der Waals surface area (Å²) in [5.41, 5.74) is 0. The first-order chi connectivity index (χ1) is 10.7. The molecule has 0 aliphatic heterocycles. The highest BCUT2D eigenvalue weighted by Crippen LogP contribution is 2.11. The number of unbranched alkanes of at least 4 members (excludes halogenated alkanes) is 7. The van der Waals surface area contributed by atoms with Crippen LogP contribution in [0.4, 0.5) is 0 Å². The highest BCUT2D eigenvalue weighted by molar-refractivity contribution is 5.68. The first-order valence-corrected chi connectivity index (χ1v) is 8.80. The van der Waals surface area contributed by atoms with Gasteiger partial charge in [0.05, 0.1) is 12.9 Å². The monoisotopic (exact) mass is 310 g/mol. The van der Waals surface area contributed by atoms with Crippen molar-refractivity contribution in [2.45, 2.75) is 84.0 Å². The number of esters is 1. The normalized spacial score (nSPS) is 12.0. The molecule has 0 rings (SSSR count). The van der Waals surface area contributed by atoms with E-state index in [0.29, 0.717) is 12.2 Å². The second-order valence-corrected chi connectivity index (χ2v) is 5.74. The highest BCUT2D eigenvalue weighted by atomic mass is 16.5. The summed E-state index contributed by atoms with van der Waals surface area (Å²) >= 11 is 0. The summed E-state index contributed by atoms with van der Waals surface area (Å²) < 4.78 is 4.60. The van der Waals surface area contributed by atoms with Gasteiger partial charge < -0.3 is 9.84 Å². The Bertz CT molecular complexity index is 319. The van der Waals surface area contributed by atoms with Gasteiger partial charge in [-0.3, -0.25) is 4.79 Å². The Morgan fingerprint density at radius 3 is 2.32 bits per heavy atom. The summed E-state index contributed by atoms with van der Waals surface area (Å²) in [6.45, 7) is 2.21. The predicted molar refractivity (Wildman–Crippen MR) is 92.9 cm³/mol. The maximum atomic E-state index is 10.9. The molecule has 22 heavy (non-hydrogen) atoms. The molecule has 0 aliphatic carbocycles. The third kappa shape index (κ3) is 15.1. The highest BCUT2D eigenvalue weighted by Gasteiger charge is 1.99. The number of methoxy groups -OCH3 is 1. The van der Waals surface area contributed by atoms with Gasteiger partial charge in [0, 0.05) is 12.8 Å². The summed E-state index contributed by atoms with van der Waals surface area (Å²) in [5, 5.41) is 9.76. The number of allylic oxidation sites excluding steroid dienone is 4. The Balaban J connectivity index is 3.42. The molecule has 0 aliphatic rings. The molecule has 128 valence electrons. The lowest BCUT2D eigenvalue weighted by Gasteiger charge is -2.02. The van der Waals surface area contributed by atoms with E-state index in [2.05, 4.69) is 23.8 Å². The topological polar surface area (TPSA) is 46.5 Å². The summed E-state index contributed by atoms with van der Waals surface area (Å²) in [6.07, 6.45) is 18.5. The number of rotatable bonds is 14. The van der Waals surface area contributed by atoms with Gasteiger partial charge >= 0.3 is 5.97 Å². The molecule has 0 aromatic heterocycles. The number of carbonyl (C=O) groups is 1. The minimum absolute atomic E-state index is 0.122. The van der Waals surface area contributed by atoms with Crippen LogP contribution in [0.3, 0.4) is 0 Å². The van der Waals surface area contributed by atoms with E-state index in [4.69, 9.17) is 0 Å². The molecule has 0 radical (unpaired) electrons. The SMILES string of the molecule is CCCCC/C=C/C/C=C(\O)CCCCCCCC(=O)OC. The van der Waals surface area contributed by atoms with Crippen LogP contribution in [0.1, 0.15) is 84.0 Å². The number of ether oxygens (including phenoxy) is 1. The molecule has 0 saturated carbocycles. The number of aliphatic hydroxyl groups is 1. The summed E-state index contributed by atoms with van der Waals surface area (Å²) in [4.78, 5) is 10.9. The van der Waals surface area contributed by atoms with E-state index in [-0.39, 0.29) is 5.97 Å². The van der Waals surface area contributed by atoms with Crippen molar-refractivity contribution >= 4 is 5.97 Å². The molecule has 3 heteroatoms. The van der Waals surface area contributed by atoms with Gasteiger partial charge in [0.15, 0.2) is 0 Å². The van der Waals surface area contributed by atoms with Crippen LogP contribution in [0.2, 0.25) is 0 Å². The van der Waals surface area contributed by atoms with E-state index >= 15 is 0 Å². The Kier molecular flexibility index (Phi) is 15.2. The Morgan fingerprint density at radius 1 is 0.955 bits per heavy atom. The smallest absolute Gasteiger partial charge is 0.305 e. The number of carbonyl (C=O) groups excluding carboxylic acids is 1. The van der Waals surface area contributed by atoms with Gasteiger partial charge in [0.1, 0.15) is 0 Å². The van der Waals surface area contributed by atoms with Crippen LogP contribution in [0.5, 0.6) is 0 Å². The van der Waals surface area contributed by atoms with Crippen LogP contribution in [0.25, 0.3) is 0 Å².